The number of carbonyl (C=O) groups is 1. The molecule has 6 nitrogen and oxygen atoms in total. The summed E-state index contributed by atoms with van der Waals surface area (Å²) in [6.07, 6.45) is 2.41. The number of nitrogens with zero attached hydrogens (tertiary/aromatic N) is 2. The number of benzene rings is 1. The number of amides is 1. The van der Waals surface area contributed by atoms with Gasteiger partial charge in [-0.1, -0.05) is 0 Å². The smallest absolute Gasteiger partial charge is 0.276 e. The zero-order valence-corrected chi connectivity index (χ0v) is 10.2. The van der Waals surface area contributed by atoms with Crippen molar-refractivity contribution in [3.05, 3.63) is 48.2 Å². The first-order valence-corrected chi connectivity index (χ1v) is 5.79. The number of nitrogens with two attached hydrogens (primary N) is 1. The Bertz CT molecular complexity index is 798. The summed E-state index contributed by atoms with van der Waals surface area (Å²) in [5.74, 6) is -1.13. The van der Waals surface area contributed by atoms with Crippen LogP contribution in [0.15, 0.2) is 36.7 Å². The maximum Gasteiger partial charge on any atom is 0.276 e. The molecule has 2 aromatic heterocycles. The minimum absolute atomic E-state index is 0.0463. The van der Waals surface area contributed by atoms with Gasteiger partial charge in [0.25, 0.3) is 5.91 Å². The number of hydrogen-bond donors (Lipinski definition) is 3. The molecule has 0 saturated carbocycles. The zero-order valence-electron chi connectivity index (χ0n) is 10.2. The Morgan fingerprint density at radius 3 is 3.00 bits per heavy atom. The molecule has 20 heavy (non-hydrogen) atoms. The fourth-order valence-electron chi connectivity index (χ4n) is 1.86. The second kappa shape index (κ2) is 4.61. The molecule has 1 aromatic carbocycles. The number of nitrogens with one attached hydrogen (secondary N) is 2. The van der Waals surface area contributed by atoms with Gasteiger partial charge >= 0.3 is 0 Å². The highest BCUT2D eigenvalue weighted by Crippen LogP contribution is 2.20. The van der Waals surface area contributed by atoms with E-state index in [0.717, 1.165) is 6.20 Å². The van der Waals surface area contributed by atoms with Crippen molar-refractivity contribution in [3.63, 3.8) is 0 Å². The molecule has 100 valence electrons. The molecule has 0 radical (unpaired) electrons. The van der Waals surface area contributed by atoms with Crippen LogP contribution < -0.4 is 11.1 Å². The van der Waals surface area contributed by atoms with Crippen LogP contribution in [0.4, 0.5) is 15.8 Å². The number of hydrogen-bond acceptors (Lipinski definition) is 4. The van der Waals surface area contributed by atoms with Crippen LogP contribution in [0.5, 0.6) is 0 Å². The molecule has 0 aliphatic carbocycles. The van der Waals surface area contributed by atoms with Gasteiger partial charge in [-0.2, -0.15) is 5.10 Å². The van der Waals surface area contributed by atoms with Crippen LogP contribution in [0.3, 0.4) is 0 Å². The van der Waals surface area contributed by atoms with Gasteiger partial charge in [0.15, 0.2) is 11.5 Å². The van der Waals surface area contributed by atoms with Crippen molar-refractivity contribution in [2.24, 2.45) is 0 Å². The van der Waals surface area contributed by atoms with E-state index >= 15 is 0 Å². The molecular weight excluding hydrogens is 261 g/mol. The van der Waals surface area contributed by atoms with Crippen LogP contribution >= 0.6 is 0 Å². The van der Waals surface area contributed by atoms with E-state index < -0.39 is 11.7 Å². The Balaban J connectivity index is 1.97. The van der Waals surface area contributed by atoms with Crippen molar-refractivity contribution >= 4 is 28.2 Å². The van der Waals surface area contributed by atoms with Crippen molar-refractivity contribution < 1.29 is 9.18 Å². The SMILES string of the molecule is Nc1ccc2[nH]nc(C(=O)Nc3ccncc3F)c2c1. The van der Waals surface area contributed by atoms with Crippen molar-refractivity contribution in [2.75, 3.05) is 11.1 Å². The molecule has 0 unspecified atom stereocenters. The highest BCUT2D eigenvalue weighted by atomic mass is 19.1. The molecule has 3 rings (SSSR count). The summed E-state index contributed by atoms with van der Waals surface area (Å²) in [4.78, 5) is 15.7. The lowest BCUT2D eigenvalue weighted by molar-refractivity contribution is 0.102. The van der Waals surface area contributed by atoms with Gasteiger partial charge in [0.2, 0.25) is 0 Å². The molecule has 3 aromatic rings. The van der Waals surface area contributed by atoms with Crippen LogP contribution in [0, 0.1) is 5.82 Å². The number of carbonyl (C=O) groups excluding carboxylic acids is 1. The van der Waals surface area contributed by atoms with E-state index in [-0.39, 0.29) is 11.4 Å². The first-order valence-electron chi connectivity index (χ1n) is 5.79. The average molecular weight is 271 g/mol. The molecule has 0 aliphatic rings. The minimum Gasteiger partial charge on any atom is -0.399 e. The Kier molecular flexibility index (Phi) is 2.79. The number of halogens is 1. The van der Waals surface area contributed by atoms with Crippen molar-refractivity contribution in [3.8, 4) is 0 Å². The summed E-state index contributed by atoms with van der Waals surface area (Å²) < 4.78 is 13.4. The summed E-state index contributed by atoms with van der Waals surface area (Å²) in [6, 6.07) is 6.43. The highest BCUT2D eigenvalue weighted by molar-refractivity contribution is 6.11. The van der Waals surface area contributed by atoms with Crippen LogP contribution in [0.2, 0.25) is 0 Å². The van der Waals surface area contributed by atoms with E-state index in [2.05, 4.69) is 20.5 Å². The summed E-state index contributed by atoms with van der Waals surface area (Å²) in [6.45, 7) is 0. The normalized spacial score (nSPS) is 10.7. The molecule has 1 amide bonds. The second-order valence-electron chi connectivity index (χ2n) is 4.19. The van der Waals surface area contributed by atoms with Crippen LogP contribution in [-0.2, 0) is 0 Å². The summed E-state index contributed by atoms with van der Waals surface area (Å²) in [5.41, 5.74) is 7.09. The number of aromatic amines is 1. The van der Waals surface area contributed by atoms with Crippen LogP contribution in [0.1, 0.15) is 10.5 Å². The van der Waals surface area contributed by atoms with Gasteiger partial charge in [0.05, 0.1) is 17.4 Å². The molecule has 0 bridgehead atoms. The monoisotopic (exact) mass is 271 g/mol. The predicted octanol–water partition coefficient (Wildman–Crippen LogP) is 1.93. The third-order valence-corrected chi connectivity index (χ3v) is 2.82. The topological polar surface area (TPSA) is 96.7 Å². The molecule has 7 heteroatoms. The number of rotatable bonds is 2. The molecular formula is C13H10FN5O. The van der Waals surface area contributed by atoms with E-state index in [1.807, 2.05) is 0 Å². The van der Waals surface area contributed by atoms with Gasteiger partial charge in [-0.05, 0) is 24.3 Å². The van der Waals surface area contributed by atoms with E-state index in [9.17, 15) is 9.18 Å². The molecule has 2 heterocycles. The third kappa shape index (κ3) is 2.05. The fourth-order valence-corrected chi connectivity index (χ4v) is 1.86. The molecule has 0 spiro atoms. The van der Waals surface area contributed by atoms with Crippen molar-refractivity contribution in [1.29, 1.82) is 0 Å². The van der Waals surface area contributed by atoms with E-state index in [0.29, 0.717) is 16.6 Å². The van der Waals surface area contributed by atoms with Gasteiger partial charge in [-0.15, -0.1) is 0 Å². The Labute approximate surface area is 112 Å². The van der Waals surface area contributed by atoms with Gasteiger partial charge < -0.3 is 11.1 Å². The molecule has 0 aliphatic heterocycles. The number of pyridine rings is 1. The second-order valence-corrected chi connectivity index (χ2v) is 4.19. The third-order valence-electron chi connectivity index (χ3n) is 2.82. The van der Waals surface area contributed by atoms with Gasteiger partial charge in [-0.3, -0.25) is 14.9 Å². The first-order chi connectivity index (χ1) is 9.65. The Morgan fingerprint density at radius 1 is 1.35 bits per heavy atom. The quantitative estimate of drug-likeness (QED) is 0.620. The van der Waals surface area contributed by atoms with Gasteiger partial charge in [0, 0.05) is 17.3 Å². The van der Waals surface area contributed by atoms with Crippen LogP contribution in [0.25, 0.3) is 10.9 Å². The first kappa shape index (κ1) is 12.1. The van der Waals surface area contributed by atoms with Crippen molar-refractivity contribution in [2.45, 2.75) is 0 Å². The van der Waals surface area contributed by atoms with E-state index in [1.165, 1.54) is 12.3 Å². The number of fused-ring (bicyclic) bond motifs is 1. The lowest BCUT2D eigenvalue weighted by Crippen LogP contribution is -2.14. The number of anilines is 2. The molecule has 0 fully saturated rings. The number of aromatic nitrogens is 3. The largest absolute Gasteiger partial charge is 0.399 e. The Morgan fingerprint density at radius 2 is 2.20 bits per heavy atom. The predicted molar refractivity (Wildman–Crippen MR) is 72.7 cm³/mol. The maximum atomic E-state index is 13.4. The molecule has 4 N–H and O–H groups in total. The fraction of sp³-hybridized carbons (Fsp3) is 0. The Hall–Kier alpha value is -2.96. The highest BCUT2D eigenvalue weighted by Gasteiger charge is 2.15. The van der Waals surface area contributed by atoms with Crippen LogP contribution in [-0.4, -0.2) is 21.1 Å². The van der Waals surface area contributed by atoms with Gasteiger partial charge in [0.1, 0.15) is 0 Å². The lowest BCUT2D eigenvalue weighted by Gasteiger charge is -2.04. The van der Waals surface area contributed by atoms with Gasteiger partial charge in [-0.25, -0.2) is 4.39 Å². The van der Waals surface area contributed by atoms with E-state index in [1.54, 1.807) is 18.2 Å². The molecule has 0 saturated heterocycles. The zero-order chi connectivity index (χ0) is 14.1. The average Bonchev–Trinajstić information content (AvgIpc) is 2.84. The number of H-pyrrole nitrogens is 1. The van der Waals surface area contributed by atoms with E-state index in [4.69, 9.17) is 5.73 Å². The summed E-state index contributed by atoms with van der Waals surface area (Å²) >= 11 is 0. The van der Waals surface area contributed by atoms with Crippen molar-refractivity contribution in [1.82, 2.24) is 15.2 Å². The standard InChI is InChI=1S/C13H10FN5O/c14-9-6-16-4-3-11(9)17-13(20)12-8-5-7(15)1-2-10(8)18-19-12/h1-6H,15H2,(H,18,19)(H,16,17,20). The maximum absolute atomic E-state index is 13.4. The number of nitrogen functional groups attached to an aromatic ring is 1. The lowest BCUT2D eigenvalue weighted by atomic mass is 10.2. The summed E-state index contributed by atoms with van der Waals surface area (Å²) in [7, 11) is 0. The molecule has 0 atom stereocenters. The minimum atomic E-state index is -0.611. The summed E-state index contributed by atoms with van der Waals surface area (Å²) in [5, 5.41) is 9.68.